The fourth-order valence-corrected chi connectivity index (χ4v) is 5.48. The first-order valence-corrected chi connectivity index (χ1v) is 8.77. The molecule has 7 heteroatoms. The van der Waals surface area contributed by atoms with Crippen LogP contribution in [0.1, 0.15) is 5.56 Å². The maximum atomic E-state index is 13.4. The van der Waals surface area contributed by atoms with Crippen LogP contribution in [-0.2, 0) is 16.4 Å². The largest absolute Gasteiger partial charge is 0.298 e. The molecule has 104 valence electrons. The van der Waals surface area contributed by atoms with E-state index in [1.54, 1.807) is 6.20 Å². The van der Waals surface area contributed by atoms with Gasteiger partial charge in [-0.15, -0.1) is 0 Å². The zero-order valence-electron chi connectivity index (χ0n) is 10.2. The molecule has 4 nitrogen and oxygen atoms in total. The highest BCUT2D eigenvalue weighted by molar-refractivity contribution is 9.10. The molecular weight excluding hydrogens is 335 g/mol. The van der Waals surface area contributed by atoms with Gasteiger partial charge in [0.05, 0.1) is 11.5 Å². The summed E-state index contributed by atoms with van der Waals surface area (Å²) in [5, 5.41) is 0. The lowest BCUT2D eigenvalue weighted by Gasteiger charge is -2.16. The zero-order chi connectivity index (χ0) is 13.6. The summed E-state index contributed by atoms with van der Waals surface area (Å²) >= 11 is 3.03. The van der Waals surface area contributed by atoms with Crippen LogP contribution in [0.5, 0.6) is 0 Å². The molecule has 0 radical (unpaired) electrons. The first-order chi connectivity index (χ1) is 8.93. The van der Waals surface area contributed by atoms with Crippen molar-refractivity contribution in [1.29, 1.82) is 0 Å². The Balaban J connectivity index is 1.66. The highest BCUT2D eigenvalue weighted by Gasteiger charge is 2.43. The average Bonchev–Trinajstić information content (AvgIpc) is 2.76. The van der Waals surface area contributed by atoms with Gasteiger partial charge < -0.3 is 0 Å². The van der Waals surface area contributed by atoms with Gasteiger partial charge in [0, 0.05) is 25.8 Å². The van der Waals surface area contributed by atoms with Crippen LogP contribution in [0.25, 0.3) is 0 Å². The zero-order valence-corrected chi connectivity index (χ0v) is 12.6. The average molecular weight is 349 g/mol. The van der Waals surface area contributed by atoms with E-state index in [0.29, 0.717) is 18.1 Å². The van der Waals surface area contributed by atoms with Crippen LogP contribution < -0.4 is 0 Å². The molecule has 0 aliphatic carbocycles. The number of sulfone groups is 1. The van der Waals surface area contributed by atoms with Crippen LogP contribution in [0.4, 0.5) is 4.39 Å². The maximum absolute atomic E-state index is 13.4. The first kappa shape index (κ1) is 13.5. The summed E-state index contributed by atoms with van der Waals surface area (Å²) in [7, 11) is -2.82. The fraction of sp³-hybridized carbons (Fsp3) is 0.583. The predicted molar refractivity (Wildman–Crippen MR) is 72.8 cm³/mol. The van der Waals surface area contributed by atoms with Crippen LogP contribution in [0.2, 0.25) is 0 Å². The Hall–Kier alpha value is -0.530. The Morgan fingerprint density at radius 2 is 2.00 bits per heavy atom. The summed E-state index contributed by atoms with van der Waals surface area (Å²) < 4.78 is 36.6. The SMILES string of the molecule is O=S1(=O)CC2CN(Cc3cnc(Br)c(F)c3)CC2C1. The number of fused-ring (bicyclic) bond motifs is 1. The molecule has 2 atom stereocenters. The van der Waals surface area contributed by atoms with Crippen molar-refractivity contribution in [3.8, 4) is 0 Å². The third kappa shape index (κ3) is 2.83. The van der Waals surface area contributed by atoms with Gasteiger partial charge in [0.15, 0.2) is 15.7 Å². The molecule has 3 heterocycles. The summed E-state index contributed by atoms with van der Waals surface area (Å²) in [6.07, 6.45) is 1.65. The molecule has 0 spiro atoms. The number of nitrogens with zero attached hydrogens (tertiary/aromatic N) is 2. The number of rotatable bonds is 2. The molecule has 0 N–H and O–H groups in total. The molecule has 1 aromatic heterocycles. The van der Waals surface area contributed by atoms with E-state index in [1.165, 1.54) is 6.07 Å². The minimum atomic E-state index is -2.82. The highest BCUT2D eigenvalue weighted by atomic mass is 79.9. The van der Waals surface area contributed by atoms with E-state index in [4.69, 9.17) is 0 Å². The van der Waals surface area contributed by atoms with Gasteiger partial charge in [-0.1, -0.05) is 0 Å². The topological polar surface area (TPSA) is 50.3 Å². The Morgan fingerprint density at radius 1 is 1.37 bits per heavy atom. The Bertz CT molecular complexity index is 588. The lowest BCUT2D eigenvalue weighted by atomic mass is 10.0. The Kier molecular flexibility index (Phi) is 3.39. The van der Waals surface area contributed by atoms with E-state index in [2.05, 4.69) is 25.8 Å². The summed E-state index contributed by atoms with van der Waals surface area (Å²) in [6, 6.07) is 1.47. The Morgan fingerprint density at radius 3 is 2.58 bits per heavy atom. The molecule has 3 rings (SSSR count). The second-order valence-corrected chi connectivity index (χ2v) is 8.31. The lowest BCUT2D eigenvalue weighted by molar-refractivity contribution is 0.314. The molecule has 0 amide bonds. The third-order valence-electron chi connectivity index (χ3n) is 3.85. The van der Waals surface area contributed by atoms with Crippen LogP contribution in [0.15, 0.2) is 16.9 Å². The molecule has 1 aromatic rings. The quantitative estimate of drug-likeness (QED) is 0.759. The van der Waals surface area contributed by atoms with Gasteiger partial charge in [0.1, 0.15) is 4.60 Å². The number of pyridine rings is 1. The lowest BCUT2D eigenvalue weighted by Crippen LogP contribution is -2.24. The number of halogens is 2. The van der Waals surface area contributed by atoms with Gasteiger partial charge in [0.2, 0.25) is 0 Å². The molecule has 2 saturated heterocycles. The minimum Gasteiger partial charge on any atom is -0.298 e. The fourth-order valence-electron chi connectivity index (χ4n) is 3.07. The third-order valence-corrected chi connectivity index (χ3v) is 6.30. The smallest absolute Gasteiger partial charge is 0.156 e. The van der Waals surface area contributed by atoms with Crippen molar-refractivity contribution < 1.29 is 12.8 Å². The number of hydrogen-bond donors (Lipinski definition) is 0. The molecule has 0 aromatic carbocycles. The molecule has 2 aliphatic rings. The van der Waals surface area contributed by atoms with Gasteiger partial charge in [0.25, 0.3) is 0 Å². The summed E-state index contributed by atoms with van der Waals surface area (Å²) in [6.45, 7) is 2.19. The van der Waals surface area contributed by atoms with Crippen molar-refractivity contribution in [1.82, 2.24) is 9.88 Å². The van der Waals surface area contributed by atoms with Crippen molar-refractivity contribution in [2.75, 3.05) is 24.6 Å². The molecule has 2 unspecified atom stereocenters. The molecule has 0 saturated carbocycles. The van der Waals surface area contributed by atoms with Gasteiger partial charge in [-0.05, 0) is 39.4 Å². The molecule has 0 bridgehead atoms. The normalized spacial score (nSPS) is 29.6. The van der Waals surface area contributed by atoms with E-state index in [0.717, 1.165) is 18.7 Å². The number of hydrogen-bond acceptors (Lipinski definition) is 4. The van der Waals surface area contributed by atoms with Crippen LogP contribution in [0, 0.1) is 17.7 Å². The van der Waals surface area contributed by atoms with Crippen molar-refractivity contribution in [2.45, 2.75) is 6.54 Å². The van der Waals surface area contributed by atoms with E-state index in [1.807, 2.05) is 0 Å². The number of likely N-dealkylation sites (tertiary alicyclic amines) is 1. The molecule has 19 heavy (non-hydrogen) atoms. The summed E-state index contributed by atoms with van der Waals surface area (Å²) in [4.78, 5) is 6.12. The highest BCUT2D eigenvalue weighted by Crippen LogP contribution is 2.33. The maximum Gasteiger partial charge on any atom is 0.156 e. The van der Waals surface area contributed by atoms with E-state index < -0.39 is 9.84 Å². The molecular formula is C12H14BrFN2O2S. The second kappa shape index (κ2) is 4.79. The molecule has 2 aliphatic heterocycles. The Labute approximate surface area is 120 Å². The van der Waals surface area contributed by atoms with Gasteiger partial charge >= 0.3 is 0 Å². The van der Waals surface area contributed by atoms with Gasteiger partial charge in [-0.25, -0.2) is 17.8 Å². The number of aromatic nitrogens is 1. The van der Waals surface area contributed by atoms with Gasteiger partial charge in [-0.3, -0.25) is 4.90 Å². The van der Waals surface area contributed by atoms with E-state index in [9.17, 15) is 12.8 Å². The summed E-state index contributed by atoms with van der Waals surface area (Å²) in [5.41, 5.74) is 0.823. The second-order valence-electron chi connectivity index (χ2n) is 5.41. The predicted octanol–water partition coefficient (Wildman–Crippen LogP) is 1.46. The minimum absolute atomic E-state index is 0.223. The van der Waals surface area contributed by atoms with Crippen molar-refractivity contribution in [3.63, 3.8) is 0 Å². The molecule has 2 fully saturated rings. The van der Waals surface area contributed by atoms with Crippen molar-refractivity contribution in [2.24, 2.45) is 11.8 Å². The first-order valence-electron chi connectivity index (χ1n) is 6.16. The van der Waals surface area contributed by atoms with E-state index >= 15 is 0 Å². The van der Waals surface area contributed by atoms with Crippen molar-refractivity contribution in [3.05, 3.63) is 28.2 Å². The van der Waals surface area contributed by atoms with Crippen molar-refractivity contribution >= 4 is 25.8 Å². The van der Waals surface area contributed by atoms with Crippen LogP contribution in [-0.4, -0.2) is 42.9 Å². The van der Waals surface area contributed by atoms with Crippen LogP contribution in [0.3, 0.4) is 0 Å². The van der Waals surface area contributed by atoms with E-state index in [-0.39, 0.29) is 22.3 Å². The summed E-state index contributed by atoms with van der Waals surface area (Å²) in [5.74, 6) is 0.748. The standard InChI is InChI=1S/C12H14BrFN2O2S/c13-12-11(14)1-8(2-15-12)3-16-4-9-6-19(17,18)7-10(9)5-16/h1-2,9-10H,3-7H2. The van der Waals surface area contributed by atoms with Gasteiger partial charge in [-0.2, -0.15) is 0 Å². The van der Waals surface area contributed by atoms with Crippen LogP contribution >= 0.6 is 15.9 Å². The monoisotopic (exact) mass is 348 g/mol.